The first-order valence-corrected chi connectivity index (χ1v) is 8.29. The molecule has 1 aliphatic rings. The third-order valence-corrected chi connectivity index (χ3v) is 4.51. The van der Waals surface area contributed by atoms with E-state index in [0.717, 1.165) is 57.9 Å². The first kappa shape index (κ1) is 17.1. The molecule has 0 amide bonds. The van der Waals surface area contributed by atoms with Gasteiger partial charge in [-0.15, -0.1) is 0 Å². The van der Waals surface area contributed by atoms with Crippen molar-refractivity contribution in [2.24, 2.45) is 0 Å². The van der Waals surface area contributed by atoms with Crippen LogP contribution in [-0.4, -0.2) is 74.4 Å². The van der Waals surface area contributed by atoms with Crippen LogP contribution in [0.1, 0.15) is 12.5 Å². The van der Waals surface area contributed by atoms with E-state index in [0.29, 0.717) is 0 Å². The van der Waals surface area contributed by atoms with Gasteiger partial charge in [-0.25, -0.2) is 0 Å². The van der Waals surface area contributed by atoms with Crippen molar-refractivity contribution < 1.29 is 5.11 Å². The first-order chi connectivity index (χ1) is 10.6. The molecule has 2 rings (SSSR count). The Kier molecular flexibility index (Phi) is 6.49. The van der Waals surface area contributed by atoms with Crippen LogP contribution in [0.2, 0.25) is 0 Å². The molecule has 1 heterocycles. The Bertz CT molecular complexity index is 466. The second kappa shape index (κ2) is 8.36. The molecule has 1 aromatic carbocycles. The van der Waals surface area contributed by atoms with Crippen molar-refractivity contribution >= 4 is 11.4 Å². The Labute approximate surface area is 134 Å². The maximum Gasteiger partial charge on any atom is 0.0558 e. The lowest BCUT2D eigenvalue weighted by Crippen LogP contribution is -2.39. The number of aliphatic hydroxyl groups is 1. The number of hydrogen-bond donors (Lipinski definition) is 2. The normalized spacial score (nSPS) is 14.1. The van der Waals surface area contributed by atoms with Gasteiger partial charge in [0.1, 0.15) is 0 Å². The summed E-state index contributed by atoms with van der Waals surface area (Å²) in [7, 11) is 2.06. The van der Waals surface area contributed by atoms with Gasteiger partial charge in [-0.1, -0.05) is 13.0 Å². The summed E-state index contributed by atoms with van der Waals surface area (Å²) in [6.07, 6.45) is 1.13. The lowest BCUT2D eigenvalue weighted by atomic mass is 10.1. The Hall–Kier alpha value is -1.30. The van der Waals surface area contributed by atoms with Gasteiger partial charge in [0.15, 0.2) is 0 Å². The Morgan fingerprint density at radius 2 is 2.05 bits per heavy atom. The zero-order valence-corrected chi connectivity index (χ0v) is 14.0. The highest BCUT2D eigenvalue weighted by Gasteiger charge is 2.19. The number of hydrogen-bond acceptors (Lipinski definition) is 5. The molecule has 0 bridgehead atoms. The van der Waals surface area contributed by atoms with Crippen molar-refractivity contribution in [1.82, 2.24) is 9.80 Å². The zero-order valence-electron chi connectivity index (χ0n) is 14.0. The number of likely N-dealkylation sites (N-methyl/N-ethyl adjacent to an activating group) is 2. The number of benzene rings is 1. The number of rotatable bonds is 9. The molecule has 0 unspecified atom stereocenters. The van der Waals surface area contributed by atoms with Crippen molar-refractivity contribution in [2.75, 3.05) is 70.1 Å². The molecular weight excluding hydrogens is 276 g/mol. The van der Waals surface area contributed by atoms with Gasteiger partial charge >= 0.3 is 0 Å². The average Bonchev–Trinajstić information content (AvgIpc) is 2.90. The van der Waals surface area contributed by atoms with E-state index < -0.39 is 0 Å². The summed E-state index contributed by atoms with van der Waals surface area (Å²) in [6.45, 7) is 9.51. The van der Waals surface area contributed by atoms with Crippen LogP contribution in [0.5, 0.6) is 0 Å². The molecule has 0 fully saturated rings. The van der Waals surface area contributed by atoms with Crippen LogP contribution >= 0.6 is 0 Å². The van der Waals surface area contributed by atoms with E-state index >= 15 is 0 Å². The molecule has 0 saturated carbocycles. The van der Waals surface area contributed by atoms with Crippen molar-refractivity contribution in [1.29, 1.82) is 0 Å². The molecular formula is C17H30N4O. The van der Waals surface area contributed by atoms with E-state index in [1.807, 2.05) is 6.07 Å². The summed E-state index contributed by atoms with van der Waals surface area (Å²) in [5.41, 5.74) is 9.50. The average molecular weight is 306 g/mol. The van der Waals surface area contributed by atoms with E-state index in [2.05, 4.69) is 40.8 Å². The molecule has 0 aliphatic carbocycles. The van der Waals surface area contributed by atoms with Crippen LogP contribution in [0.25, 0.3) is 0 Å². The fraction of sp³-hybridized carbons (Fsp3) is 0.647. The van der Waals surface area contributed by atoms with Gasteiger partial charge in [0.2, 0.25) is 0 Å². The molecule has 124 valence electrons. The first-order valence-electron chi connectivity index (χ1n) is 8.29. The summed E-state index contributed by atoms with van der Waals surface area (Å²) in [6, 6.07) is 6.26. The van der Waals surface area contributed by atoms with Gasteiger partial charge in [0.05, 0.1) is 6.61 Å². The van der Waals surface area contributed by atoms with Gasteiger partial charge in [-0.2, -0.15) is 0 Å². The van der Waals surface area contributed by atoms with Crippen LogP contribution in [0.3, 0.4) is 0 Å². The van der Waals surface area contributed by atoms with Gasteiger partial charge in [0, 0.05) is 50.6 Å². The van der Waals surface area contributed by atoms with Gasteiger partial charge < -0.3 is 25.5 Å². The summed E-state index contributed by atoms with van der Waals surface area (Å²) in [5.74, 6) is 0. The highest BCUT2D eigenvalue weighted by Crippen LogP contribution is 2.29. The molecule has 5 heteroatoms. The third-order valence-electron chi connectivity index (χ3n) is 4.51. The fourth-order valence-electron chi connectivity index (χ4n) is 2.98. The molecule has 22 heavy (non-hydrogen) atoms. The van der Waals surface area contributed by atoms with E-state index in [-0.39, 0.29) is 6.61 Å². The highest BCUT2D eigenvalue weighted by molar-refractivity contribution is 5.64. The quantitative estimate of drug-likeness (QED) is 0.663. The number of nitrogen functional groups attached to an aromatic ring is 1. The lowest BCUT2D eigenvalue weighted by molar-refractivity contribution is 0.194. The number of nitrogens with zero attached hydrogens (tertiary/aromatic N) is 3. The van der Waals surface area contributed by atoms with E-state index in [1.54, 1.807) is 0 Å². The maximum atomic E-state index is 8.95. The van der Waals surface area contributed by atoms with E-state index in [4.69, 9.17) is 10.8 Å². The zero-order chi connectivity index (χ0) is 15.9. The minimum atomic E-state index is 0.231. The smallest absolute Gasteiger partial charge is 0.0558 e. The molecule has 5 nitrogen and oxygen atoms in total. The second-order valence-corrected chi connectivity index (χ2v) is 6.09. The van der Waals surface area contributed by atoms with Gasteiger partial charge in [0.25, 0.3) is 0 Å². The fourth-order valence-corrected chi connectivity index (χ4v) is 2.98. The van der Waals surface area contributed by atoms with Crippen molar-refractivity contribution in [2.45, 2.75) is 13.3 Å². The van der Waals surface area contributed by atoms with Gasteiger partial charge in [-0.05, 0) is 37.7 Å². The lowest BCUT2D eigenvalue weighted by Gasteiger charge is -2.27. The van der Waals surface area contributed by atoms with E-state index in [1.165, 1.54) is 11.3 Å². The Morgan fingerprint density at radius 1 is 1.23 bits per heavy atom. The van der Waals surface area contributed by atoms with Gasteiger partial charge in [-0.3, -0.25) is 0 Å². The third kappa shape index (κ3) is 4.60. The Morgan fingerprint density at radius 3 is 2.77 bits per heavy atom. The summed E-state index contributed by atoms with van der Waals surface area (Å²) in [4.78, 5) is 7.10. The van der Waals surface area contributed by atoms with Crippen LogP contribution in [0, 0.1) is 0 Å². The molecule has 3 N–H and O–H groups in total. The molecule has 0 radical (unpaired) electrons. The SMILES string of the molecule is CCN(CCN(C)CCO)CCN1CCc2ccc(N)cc21. The molecule has 0 aromatic heterocycles. The molecule has 0 atom stereocenters. The Balaban J connectivity index is 1.81. The monoisotopic (exact) mass is 306 g/mol. The second-order valence-electron chi connectivity index (χ2n) is 6.09. The highest BCUT2D eigenvalue weighted by atomic mass is 16.3. The molecule has 0 saturated heterocycles. The number of fused-ring (bicyclic) bond motifs is 1. The molecule has 0 spiro atoms. The predicted molar refractivity (Wildman–Crippen MR) is 93.5 cm³/mol. The van der Waals surface area contributed by atoms with Crippen LogP contribution < -0.4 is 10.6 Å². The number of nitrogens with two attached hydrogens (primary N) is 1. The molecule has 1 aromatic rings. The summed E-state index contributed by atoms with van der Waals surface area (Å²) >= 11 is 0. The van der Waals surface area contributed by atoms with Crippen molar-refractivity contribution in [3.05, 3.63) is 23.8 Å². The van der Waals surface area contributed by atoms with Crippen molar-refractivity contribution in [3.63, 3.8) is 0 Å². The topological polar surface area (TPSA) is 56.0 Å². The van der Waals surface area contributed by atoms with E-state index in [9.17, 15) is 0 Å². The van der Waals surface area contributed by atoms with Crippen LogP contribution in [0.4, 0.5) is 11.4 Å². The minimum Gasteiger partial charge on any atom is -0.399 e. The van der Waals surface area contributed by atoms with Crippen LogP contribution in [0.15, 0.2) is 18.2 Å². The minimum absolute atomic E-state index is 0.231. The summed E-state index contributed by atoms with van der Waals surface area (Å²) < 4.78 is 0. The standard InChI is InChI=1S/C17H30N4O/c1-3-20(9-8-19(2)12-13-22)10-11-21-7-6-15-4-5-16(18)14-17(15)21/h4-5,14,22H,3,6-13,18H2,1-2H3. The number of aliphatic hydroxyl groups excluding tert-OH is 1. The predicted octanol–water partition coefficient (Wildman–Crippen LogP) is 0.877. The van der Waals surface area contributed by atoms with Crippen molar-refractivity contribution in [3.8, 4) is 0 Å². The largest absolute Gasteiger partial charge is 0.399 e. The maximum absolute atomic E-state index is 8.95. The molecule has 1 aliphatic heterocycles. The van der Waals surface area contributed by atoms with Crippen LogP contribution in [-0.2, 0) is 6.42 Å². The summed E-state index contributed by atoms with van der Waals surface area (Å²) in [5, 5.41) is 8.95. The number of anilines is 2.